The van der Waals surface area contributed by atoms with Crippen LogP contribution < -0.4 is 5.32 Å². The third-order valence-corrected chi connectivity index (χ3v) is 2.91. The van der Waals surface area contributed by atoms with Crippen LogP contribution in [0.4, 0.5) is 18.9 Å². The second-order valence-electron chi connectivity index (χ2n) is 3.19. The number of anilines is 1. The Balaban J connectivity index is 2.10. The van der Waals surface area contributed by atoms with Gasteiger partial charge in [0.1, 0.15) is 0 Å². The van der Waals surface area contributed by atoms with E-state index < -0.39 is 17.5 Å². The fraction of sp³-hybridized carbons (Fsp3) is 0.0909. The molecular weight excluding hydrogens is 235 g/mol. The van der Waals surface area contributed by atoms with Gasteiger partial charge in [0.05, 0.1) is 0 Å². The molecule has 0 saturated carbocycles. The van der Waals surface area contributed by atoms with Gasteiger partial charge < -0.3 is 5.32 Å². The van der Waals surface area contributed by atoms with E-state index in [0.29, 0.717) is 6.54 Å². The van der Waals surface area contributed by atoms with Crippen molar-refractivity contribution in [3.05, 3.63) is 52.0 Å². The Bertz CT molecular complexity index is 459. The molecule has 5 heteroatoms. The lowest BCUT2D eigenvalue weighted by atomic mass is 10.3. The van der Waals surface area contributed by atoms with Crippen molar-refractivity contribution in [2.24, 2.45) is 0 Å². The third-order valence-electron chi connectivity index (χ3n) is 2.03. The lowest BCUT2D eigenvalue weighted by molar-refractivity contribution is 0.447. The predicted molar refractivity (Wildman–Crippen MR) is 58.0 cm³/mol. The predicted octanol–water partition coefficient (Wildman–Crippen LogP) is 3.78. The van der Waals surface area contributed by atoms with Crippen molar-refractivity contribution in [1.82, 2.24) is 0 Å². The molecule has 1 heterocycles. The maximum atomic E-state index is 12.9. The van der Waals surface area contributed by atoms with Crippen molar-refractivity contribution in [2.45, 2.75) is 6.54 Å². The highest BCUT2D eigenvalue weighted by Gasteiger charge is 2.10. The van der Waals surface area contributed by atoms with Crippen molar-refractivity contribution in [1.29, 1.82) is 0 Å². The molecule has 1 aromatic heterocycles. The monoisotopic (exact) mass is 243 g/mol. The fourth-order valence-corrected chi connectivity index (χ4v) is 1.90. The minimum Gasteiger partial charge on any atom is -0.380 e. The Morgan fingerprint density at radius 2 is 1.81 bits per heavy atom. The molecule has 0 atom stereocenters. The van der Waals surface area contributed by atoms with Crippen molar-refractivity contribution >= 4 is 17.0 Å². The quantitative estimate of drug-likeness (QED) is 0.809. The van der Waals surface area contributed by atoms with E-state index >= 15 is 0 Å². The molecule has 0 aliphatic rings. The third kappa shape index (κ3) is 2.36. The first-order valence-electron chi connectivity index (χ1n) is 4.57. The summed E-state index contributed by atoms with van der Waals surface area (Å²) in [6, 6.07) is 5.65. The minimum absolute atomic E-state index is 0.227. The van der Waals surface area contributed by atoms with Crippen LogP contribution in [0.15, 0.2) is 29.6 Å². The number of halogens is 3. The summed E-state index contributed by atoms with van der Waals surface area (Å²) < 4.78 is 38.4. The first-order chi connectivity index (χ1) is 7.66. The lowest BCUT2D eigenvalue weighted by Gasteiger charge is -2.05. The van der Waals surface area contributed by atoms with E-state index in [9.17, 15) is 13.2 Å². The molecule has 2 rings (SSSR count). The summed E-state index contributed by atoms with van der Waals surface area (Å²) in [6.07, 6.45) is 0. The van der Waals surface area contributed by atoms with Crippen LogP contribution in [-0.2, 0) is 6.54 Å². The number of benzene rings is 1. The van der Waals surface area contributed by atoms with E-state index in [1.165, 1.54) is 11.3 Å². The van der Waals surface area contributed by atoms with Gasteiger partial charge in [-0.05, 0) is 11.4 Å². The summed E-state index contributed by atoms with van der Waals surface area (Å²) in [5, 5.41) is 4.73. The van der Waals surface area contributed by atoms with E-state index in [1.807, 2.05) is 17.5 Å². The van der Waals surface area contributed by atoms with Crippen LogP contribution in [0.2, 0.25) is 0 Å². The van der Waals surface area contributed by atoms with Gasteiger partial charge in [-0.3, -0.25) is 0 Å². The van der Waals surface area contributed by atoms with Gasteiger partial charge in [-0.2, -0.15) is 0 Å². The summed E-state index contributed by atoms with van der Waals surface area (Å²) in [5.41, 5.74) is 0.227. The molecule has 0 spiro atoms. The summed E-state index contributed by atoms with van der Waals surface area (Å²) in [7, 11) is 0. The first kappa shape index (κ1) is 11.0. The summed E-state index contributed by atoms with van der Waals surface area (Å²) in [4.78, 5) is 1.03. The van der Waals surface area contributed by atoms with Gasteiger partial charge in [-0.15, -0.1) is 11.3 Å². The van der Waals surface area contributed by atoms with E-state index in [2.05, 4.69) is 5.32 Å². The van der Waals surface area contributed by atoms with Crippen LogP contribution in [0.25, 0.3) is 0 Å². The largest absolute Gasteiger partial charge is 0.380 e. The zero-order valence-electron chi connectivity index (χ0n) is 8.14. The Morgan fingerprint density at radius 1 is 1.12 bits per heavy atom. The molecule has 2 aromatic rings. The Labute approximate surface area is 94.5 Å². The van der Waals surface area contributed by atoms with Crippen LogP contribution in [-0.4, -0.2) is 0 Å². The maximum Gasteiger partial charge on any atom is 0.194 e. The van der Waals surface area contributed by atoms with Crippen LogP contribution in [0, 0.1) is 17.5 Å². The van der Waals surface area contributed by atoms with Crippen LogP contribution in [0.3, 0.4) is 0 Å². The zero-order valence-corrected chi connectivity index (χ0v) is 8.95. The van der Waals surface area contributed by atoms with Gasteiger partial charge in [0.25, 0.3) is 0 Å². The number of nitrogens with one attached hydrogen (secondary N) is 1. The zero-order chi connectivity index (χ0) is 11.5. The molecule has 0 radical (unpaired) electrons. The van der Waals surface area contributed by atoms with Gasteiger partial charge in [0.2, 0.25) is 0 Å². The average molecular weight is 243 g/mol. The van der Waals surface area contributed by atoms with Crippen molar-refractivity contribution in [3.63, 3.8) is 0 Å². The van der Waals surface area contributed by atoms with E-state index in [0.717, 1.165) is 17.0 Å². The maximum absolute atomic E-state index is 12.9. The van der Waals surface area contributed by atoms with Crippen molar-refractivity contribution in [3.8, 4) is 0 Å². The van der Waals surface area contributed by atoms with Gasteiger partial charge in [-0.25, -0.2) is 13.2 Å². The molecule has 0 aliphatic heterocycles. The Hall–Kier alpha value is -1.49. The Kier molecular flexibility index (Phi) is 3.14. The number of hydrogen-bond acceptors (Lipinski definition) is 2. The first-order valence-corrected chi connectivity index (χ1v) is 5.45. The van der Waals surface area contributed by atoms with Crippen molar-refractivity contribution < 1.29 is 13.2 Å². The summed E-state index contributed by atoms with van der Waals surface area (Å²) in [6.45, 7) is 0.460. The molecule has 1 N–H and O–H groups in total. The molecule has 1 nitrogen and oxygen atoms in total. The Morgan fingerprint density at radius 3 is 2.38 bits per heavy atom. The van der Waals surface area contributed by atoms with E-state index in [1.54, 1.807) is 0 Å². The van der Waals surface area contributed by atoms with Crippen LogP contribution >= 0.6 is 11.3 Å². The highest BCUT2D eigenvalue weighted by atomic mass is 32.1. The molecule has 0 saturated heterocycles. The number of thiophene rings is 1. The molecule has 0 fully saturated rings. The molecule has 0 unspecified atom stereocenters. The van der Waals surface area contributed by atoms with Gasteiger partial charge in [0.15, 0.2) is 17.5 Å². The molecule has 0 aliphatic carbocycles. The van der Waals surface area contributed by atoms with Crippen molar-refractivity contribution in [2.75, 3.05) is 5.32 Å². The molecular formula is C11H8F3NS. The standard InChI is InChI=1S/C11H8F3NS/c12-9-4-7(5-10(13)11(9)14)15-6-8-2-1-3-16-8/h1-5,15H,6H2. The molecule has 0 amide bonds. The number of rotatable bonds is 3. The average Bonchev–Trinajstić information content (AvgIpc) is 2.75. The highest BCUT2D eigenvalue weighted by Crippen LogP contribution is 2.18. The number of hydrogen-bond donors (Lipinski definition) is 1. The normalized spacial score (nSPS) is 10.4. The second-order valence-corrected chi connectivity index (χ2v) is 4.22. The second kappa shape index (κ2) is 4.57. The lowest BCUT2D eigenvalue weighted by Crippen LogP contribution is -2.00. The van der Waals surface area contributed by atoms with E-state index in [4.69, 9.17) is 0 Å². The van der Waals surface area contributed by atoms with Gasteiger partial charge in [0, 0.05) is 29.2 Å². The molecule has 1 aromatic carbocycles. The van der Waals surface area contributed by atoms with E-state index in [-0.39, 0.29) is 5.69 Å². The van der Waals surface area contributed by atoms with Crippen LogP contribution in [0.5, 0.6) is 0 Å². The smallest absolute Gasteiger partial charge is 0.194 e. The SMILES string of the molecule is Fc1cc(NCc2cccs2)cc(F)c1F. The summed E-state index contributed by atoms with van der Waals surface area (Å²) in [5.74, 6) is -3.82. The summed E-state index contributed by atoms with van der Waals surface area (Å²) >= 11 is 1.53. The molecule has 84 valence electrons. The topological polar surface area (TPSA) is 12.0 Å². The molecule has 0 bridgehead atoms. The van der Waals surface area contributed by atoms with Crippen LogP contribution in [0.1, 0.15) is 4.88 Å². The molecule has 16 heavy (non-hydrogen) atoms. The van der Waals surface area contributed by atoms with Gasteiger partial charge >= 0.3 is 0 Å². The fourth-order valence-electron chi connectivity index (χ4n) is 1.26. The van der Waals surface area contributed by atoms with Gasteiger partial charge in [-0.1, -0.05) is 6.07 Å². The highest BCUT2D eigenvalue weighted by molar-refractivity contribution is 7.09. The minimum atomic E-state index is -1.44.